The first-order valence-electron chi connectivity index (χ1n) is 9.17. The number of guanidine groups is 1. The van der Waals surface area contributed by atoms with Gasteiger partial charge in [0, 0.05) is 45.6 Å². The van der Waals surface area contributed by atoms with Gasteiger partial charge in [-0.25, -0.2) is 4.98 Å². The van der Waals surface area contributed by atoms with Crippen molar-refractivity contribution in [2.75, 3.05) is 20.1 Å². The lowest BCUT2D eigenvalue weighted by atomic mass is 10.0. The van der Waals surface area contributed by atoms with E-state index in [4.69, 9.17) is 0 Å². The number of benzene rings is 1. The van der Waals surface area contributed by atoms with Gasteiger partial charge in [-0.1, -0.05) is 31.2 Å². The van der Waals surface area contributed by atoms with E-state index in [9.17, 15) is 0 Å². The molecule has 1 aliphatic heterocycles. The number of piperidine rings is 1. The average molecular weight is 467 g/mol. The summed E-state index contributed by atoms with van der Waals surface area (Å²) in [5.41, 5.74) is 2.57. The molecule has 1 aliphatic rings. The highest BCUT2D eigenvalue weighted by atomic mass is 127. The van der Waals surface area contributed by atoms with Crippen molar-refractivity contribution in [2.24, 2.45) is 10.9 Å². The molecule has 1 atom stereocenters. The number of aliphatic imine (C=N–C) groups is 1. The van der Waals surface area contributed by atoms with Crippen molar-refractivity contribution in [1.82, 2.24) is 19.8 Å². The molecule has 3 rings (SSSR count). The Bertz CT molecular complexity index is 724. The quantitative estimate of drug-likeness (QED) is 0.424. The van der Waals surface area contributed by atoms with Crippen LogP contribution in [0.1, 0.15) is 36.7 Å². The highest BCUT2D eigenvalue weighted by Gasteiger charge is 2.18. The summed E-state index contributed by atoms with van der Waals surface area (Å²) in [5, 5.41) is 3.53. The first-order valence-corrected chi connectivity index (χ1v) is 9.17. The molecule has 1 aromatic carbocycles. The first kappa shape index (κ1) is 20.7. The second-order valence-electron chi connectivity index (χ2n) is 7.02. The third kappa shape index (κ3) is 5.46. The fourth-order valence-corrected chi connectivity index (χ4v) is 3.50. The lowest BCUT2D eigenvalue weighted by Crippen LogP contribution is -2.45. The third-order valence-corrected chi connectivity index (χ3v) is 4.89. The van der Waals surface area contributed by atoms with Crippen LogP contribution in [0, 0.1) is 12.8 Å². The Hall–Kier alpha value is -1.57. The van der Waals surface area contributed by atoms with E-state index in [1.165, 1.54) is 24.0 Å². The number of likely N-dealkylation sites (tertiary alicyclic amines) is 1. The van der Waals surface area contributed by atoms with E-state index in [-0.39, 0.29) is 24.0 Å². The van der Waals surface area contributed by atoms with E-state index < -0.39 is 0 Å². The van der Waals surface area contributed by atoms with Crippen LogP contribution in [0.3, 0.4) is 0 Å². The number of hydrogen-bond acceptors (Lipinski definition) is 2. The maximum Gasteiger partial charge on any atom is 0.193 e. The van der Waals surface area contributed by atoms with E-state index in [0.29, 0.717) is 0 Å². The highest BCUT2D eigenvalue weighted by Crippen LogP contribution is 2.15. The molecule has 0 saturated carbocycles. The predicted octanol–water partition coefficient (Wildman–Crippen LogP) is 3.67. The Labute approximate surface area is 173 Å². The van der Waals surface area contributed by atoms with Crippen LogP contribution in [-0.4, -0.2) is 40.5 Å². The van der Waals surface area contributed by atoms with E-state index in [1.54, 1.807) is 0 Å². The molecule has 0 spiro atoms. The summed E-state index contributed by atoms with van der Waals surface area (Å²) in [6.45, 7) is 8.21. The number of imidazole rings is 1. The summed E-state index contributed by atoms with van der Waals surface area (Å²) in [4.78, 5) is 11.1. The van der Waals surface area contributed by atoms with E-state index in [0.717, 1.165) is 43.9 Å². The van der Waals surface area contributed by atoms with Crippen LogP contribution < -0.4 is 5.32 Å². The molecule has 2 heterocycles. The maximum absolute atomic E-state index is 4.48. The molecule has 1 saturated heterocycles. The highest BCUT2D eigenvalue weighted by molar-refractivity contribution is 14.0. The smallest absolute Gasteiger partial charge is 0.193 e. The van der Waals surface area contributed by atoms with Crippen molar-refractivity contribution in [1.29, 1.82) is 0 Å². The van der Waals surface area contributed by atoms with Crippen LogP contribution in [0.15, 0.2) is 41.7 Å². The number of rotatable bonds is 4. The van der Waals surface area contributed by atoms with Gasteiger partial charge in [0.1, 0.15) is 5.82 Å². The minimum absolute atomic E-state index is 0. The van der Waals surface area contributed by atoms with Crippen LogP contribution in [0.25, 0.3) is 0 Å². The molecule has 1 N–H and O–H groups in total. The topological polar surface area (TPSA) is 45.5 Å². The molecule has 1 aromatic heterocycles. The molecule has 0 amide bonds. The molecule has 5 nitrogen and oxygen atoms in total. The van der Waals surface area contributed by atoms with Gasteiger partial charge >= 0.3 is 0 Å². The van der Waals surface area contributed by atoms with Gasteiger partial charge in [0.15, 0.2) is 5.96 Å². The van der Waals surface area contributed by atoms with Crippen LogP contribution in [0.2, 0.25) is 0 Å². The van der Waals surface area contributed by atoms with Gasteiger partial charge in [0.2, 0.25) is 0 Å². The lowest BCUT2D eigenvalue weighted by Gasteiger charge is -2.33. The van der Waals surface area contributed by atoms with Crippen LogP contribution in [-0.2, 0) is 13.1 Å². The number of nitrogens with zero attached hydrogens (tertiary/aromatic N) is 4. The number of aromatic nitrogens is 2. The van der Waals surface area contributed by atoms with Crippen molar-refractivity contribution in [2.45, 2.75) is 39.8 Å². The zero-order valence-electron chi connectivity index (χ0n) is 16.0. The Balaban J connectivity index is 0.00000243. The fraction of sp³-hybridized carbons (Fsp3) is 0.500. The molecular formula is C20H30IN5. The van der Waals surface area contributed by atoms with E-state index >= 15 is 0 Å². The lowest BCUT2D eigenvalue weighted by molar-refractivity contribution is 0.266. The minimum atomic E-state index is 0. The van der Waals surface area contributed by atoms with Crippen LogP contribution in [0.5, 0.6) is 0 Å². The zero-order chi connectivity index (χ0) is 17.6. The first-order chi connectivity index (χ1) is 12.2. The normalized spacial score (nSPS) is 17.7. The molecule has 6 heteroatoms. The Morgan fingerprint density at radius 3 is 2.85 bits per heavy atom. The summed E-state index contributed by atoms with van der Waals surface area (Å²) in [7, 11) is 1.87. The summed E-state index contributed by atoms with van der Waals surface area (Å²) in [6.07, 6.45) is 6.45. The SMILES string of the molecule is CN=C(NCc1cccc(Cn2ccnc2C)c1)N1CCCC(C)C1.I. The Kier molecular flexibility index (Phi) is 7.93. The standard InChI is InChI=1S/C20H29N5.HI/c1-16-6-5-10-25(14-16)20(21-3)23-13-18-7-4-8-19(12-18)15-24-11-9-22-17(24)2;/h4,7-9,11-12,16H,5-6,10,13-15H2,1-3H3,(H,21,23);1H. The molecular weight excluding hydrogens is 437 g/mol. The van der Waals surface area contributed by atoms with Gasteiger partial charge in [-0.05, 0) is 36.8 Å². The number of aryl methyl sites for hydroxylation is 1. The van der Waals surface area contributed by atoms with Crippen LogP contribution >= 0.6 is 24.0 Å². The molecule has 0 radical (unpaired) electrons. The van der Waals surface area contributed by atoms with Crippen molar-refractivity contribution in [3.05, 3.63) is 53.6 Å². The molecule has 2 aromatic rings. The van der Waals surface area contributed by atoms with Crippen molar-refractivity contribution >= 4 is 29.9 Å². The van der Waals surface area contributed by atoms with Gasteiger partial charge < -0.3 is 14.8 Å². The van der Waals surface area contributed by atoms with Crippen LogP contribution in [0.4, 0.5) is 0 Å². The van der Waals surface area contributed by atoms with Gasteiger partial charge in [0.05, 0.1) is 0 Å². The fourth-order valence-electron chi connectivity index (χ4n) is 3.50. The molecule has 0 aliphatic carbocycles. The van der Waals surface area contributed by atoms with Gasteiger partial charge in [-0.15, -0.1) is 24.0 Å². The Morgan fingerprint density at radius 2 is 2.15 bits per heavy atom. The summed E-state index contributed by atoms with van der Waals surface area (Å²) >= 11 is 0. The second kappa shape index (κ2) is 9.94. The maximum atomic E-state index is 4.48. The predicted molar refractivity (Wildman–Crippen MR) is 118 cm³/mol. The van der Waals surface area contributed by atoms with Crippen molar-refractivity contribution in [3.63, 3.8) is 0 Å². The van der Waals surface area contributed by atoms with Crippen molar-refractivity contribution < 1.29 is 0 Å². The van der Waals surface area contributed by atoms with Gasteiger partial charge in [-0.3, -0.25) is 4.99 Å². The summed E-state index contributed by atoms with van der Waals surface area (Å²) < 4.78 is 2.17. The van der Waals surface area contributed by atoms with E-state index in [1.807, 2.05) is 26.4 Å². The second-order valence-corrected chi connectivity index (χ2v) is 7.02. The monoisotopic (exact) mass is 467 g/mol. The third-order valence-electron chi connectivity index (χ3n) is 4.89. The minimum Gasteiger partial charge on any atom is -0.352 e. The van der Waals surface area contributed by atoms with Gasteiger partial charge in [0.25, 0.3) is 0 Å². The summed E-state index contributed by atoms with van der Waals surface area (Å²) in [6, 6.07) is 8.73. The van der Waals surface area contributed by atoms with Gasteiger partial charge in [-0.2, -0.15) is 0 Å². The Morgan fingerprint density at radius 1 is 1.35 bits per heavy atom. The molecule has 1 unspecified atom stereocenters. The molecule has 0 bridgehead atoms. The van der Waals surface area contributed by atoms with Crippen molar-refractivity contribution in [3.8, 4) is 0 Å². The largest absolute Gasteiger partial charge is 0.352 e. The summed E-state index contributed by atoms with van der Waals surface area (Å²) in [5.74, 6) is 2.81. The van der Waals surface area contributed by atoms with E-state index in [2.05, 4.69) is 55.9 Å². The molecule has 1 fully saturated rings. The number of hydrogen-bond donors (Lipinski definition) is 1. The molecule has 142 valence electrons. The average Bonchev–Trinajstić information content (AvgIpc) is 3.01. The zero-order valence-corrected chi connectivity index (χ0v) is 18.3. The molecule has 26 heavy (non-hydrogen) atoms. The number of nitrogens with one attached hydrogen (secondary N) is 1. The number of halogens is 1.